The van der Waals surface area contributed by atoms with Crippen molar-refractivity contribution < 1.29 is 21.6 Å². The quantitative estimate of drug-likeness (QED) is 0.227. The van der Waals surface area contributed by atoms with Crippen molar-refractivity contribution in [2.24, 2.45) is 0 Å². The molecule has 0 aliphatic carbocycles. The van der Waals surface area contributed by atoms with E-state index in [4.69, 9.17) is 23.2 Å². The Balaban J connectivity index is 1.40. The number of carbonyl (C=O) groups is 1. The molecule has 1 amide bonds. The molecule has 0 aromatic heterocycles. The van der Waals surface area contributed by atoms with E-state index in [1.54, 1.807) is 12.1 Å². The van der Waals surface area contributed by atoms with Crippen molar-refractivity contribution in [1.29, 1.82) is 0 Å². The first-order valence-electron chi connectivity index (χ1n) is 11.0. The molecule has 0 heterocycles. The molecule has 0 unspecified atom stereocenters. The summed E-state index contributed by atoms with van der Waals surface area (Å²) in [6, 6.07) is 22.2. The monoisotopic (exact) mass is 589 g/mol. The van der Waals surface area contributed by atoms with E-state index in [0.717, 1.165) is 5.56 Å². The maximum Gasteiger partial charge on any atom is 0.261 e. The molecular weight excluding hydrogens is 569 g/mol. The zero-order valence-corrected chi connectivity index (χ0v) is 22.9. The smallest absolute Gasteiger partial charge is 0.261 e. The fourth-order valence-electron chi connectivity index (χ4n) is 3.37. The van der Waals surface area contributed by atoms with Gasteiger partial charge in [-0.15, -0.1) is 0 Å². The third-order valence-electron chi connectivity index (χ3n) is 5.27. The maximum atomic E-state index is 12.7. The van der Waals surface area contributed by atoms with Gasteiger partial charge < -0.3 is 5.32 Å². The van der Waals surface area contributed by atoms with E-state index in [1.165, 1.54) is 78.9 Å². The first kappa shape index (κ1) is 27.5. The van der Waals surface area contributed by atoms with E-state index in [1.807, 2.05) is 6.92 Å². The number of sulfonamides is 2. The third kappa shape index (κ3) is 6.84. The van der Waals surface area contributed by atoms with E-state index in [0.29, 0.717) is 11.4 Å². The lowest BCUT2D eigenvalue weighted by molar-refractivity contribution is 0.102. The summed E-state index contributed by atoms with van der Waals surface area (Å²) in [4.78, 5) is 12.7. The average Bonchev–Trinajstić information content (AvgIpc) is 2.84. The van der Waals surface area contributed by atoms with Crippen LogP contribution in [-0.4, -0.2) is 22.7 Å². The Morgan fingerprint density at radius 2 is 1.05 bits per heavy atom. The van der Waals surface area contributed by atoms with Crippen LogP contribution in [0.25, 0.3) is 0 Å². The number of halogens is 2. The minimum atomic E-state index is -3.92. The van der Waals surface area contributed by atoms with Crippen molar-refractivity contribution in [2.75, 3.05) is 14.8 Å². The number of hydrogen-bond donors (Lipinski definition) is 3. The van der Waals surface area contributed by atoms with Gasteiger partial charge in [-0.1, -0.05) is 40.9 Å². The van der Waals surface area contributed by atoms with Crippen molar-refractivity contribution >= 4 is 66.2 Å². The van der Waals surface area contributed by atoms with Gasteiger partial charge in [0.15, 0.2) is 0 Å². The first-order valence-corrected chi connectivity index (χ1v) is 14.7. The number of anilines is 3. The van der Waals surface area contributed by atoms with Crippen LogP contribution in [0.15, 0.2) is 101 Å². The minimum absolute atomic E-state index is 0.0307. The zero-order valence-electron chi connectivity index (χ0n) is 19.8. The molecule has 3 N–H and O–H groups in total. The molecule has 4 aromatic carbocycles. The highest BCUT2D eigenvalue weighted by atomic mass is 35.5. The number of benzene rings is 4. The Bertz CT molecular complexity index is 1670. The number of amides is 1. The fraction of sp³-hybridized carbons (Fsp3) is 0.0385. The van der Waals surface area contributed by atoms with Gasteiger partial charge in [-0.2, -0.15) is 0 Å². The highest BCUT2D eigenvalue weighted by Gasteiger charge is 2.16. The molecule has 0 saturated carbocycles. The van der Waals surface area contributed by atoms with Gasteiger partial charge in [0.2, 0.25) is 0 Å². The molecule has 8 nitrogen and oxygen atoms in total. The molecule has 4 aromatic rings. The standard InChI is InChI=1S/C26H21Cl2N3O5S2/c1-17-2-10-24(11-3-17)37(33,34)30-22-6-4-18(5-7-22)26(32)29-21-8-12-25(13-9-21)38(35,36)31-23-15-19(27)14-20(28)16-23/h2-16,30-31H,1H3,(H,29,32). The van der Waals surface area contributed by atoms with Crippen LogP contribution in [0.1, 0.15) is 15.9 Å². The number of carbonyl (C=O) groups excluding carboxylic acids is 1. The van der Waals surface area contributed by atoms with Crippen LogP contribution in [0.3, 0.4) is 0 Å². The number of aryl methyl sites for hydroxylation is 1. The third-order valence-corrected chi connectivity index (χ3v) is 8.50. The minimum Gasteiger partial charge on any atom is -0.322 e. The van der Waals surface area contributed by atoms with E-state index in [-0.39, 0.29) is 31.1 Å². The summed E-state index contributed by atoms with van der Waals surface area (Å²) < 4.78 is 55.4. The largest absolute Gasteiger partial charge is 0.322 e. The molecule has 196 valence electrons. The molecule has 4 rings (SSSR count). The Labute approximate surface area is 230 Å². The van der Waals surface area contributed by atoms with E-state index < -0.39 is 26.0 Å². The van der Waals surface area contributed by atoms with Crippen molar-refractivity contribution in [3.8, 4) is 0 Å². The zero-order chi connectivity index (χ0) is 27.5. The highest BCUT2D eigenvalue weighted by molar-refractivity contribution is 7.93. The van der Waals surface area contributed by atoms with Crippen LogP contribution in [0, 0.1) is 6.92 Å². The second-order valence-electron chi connectivity index (χ2n) is 8.24. The van der Waals surface area contributed by atoms with Crippen LogP contribution < -0.4 is 14.8 Å². The molecule has 0 aliphatic rings. The second-order valence-corrected chi connectivity index (χ2v) is 12.5. The Morgan fingerprint density at radius 3 is 1.58 bits per heavy atom. The first-order chi connectivity index (χ1) is 17.9. The topological polar surface area (TPSA) is 121 Å². The van der Waals surface area contributed by atoms with Crippen LogP contribution in [-0.2, 0) is 20.0 Å². The molecule has 0 aliphatic heterocycles. The second kappa shape index (κ2) is 11.0. The predicted molar refractivity (Wildman–Crippen MR) is 150 cm³/mol. The van der Waals surface area contributed by atoms with Crippen LogP contribution in [0.5, 0.6) is 0 Å². The molecule has 0 atom stereocenters. The van der Waals surface area contributed by atoms with Gasteiger partial charge in [-0.25, -0.2) is 16.8 Å². The van der Waals surface area contributed by atoms with Gasteiger partial charge in [0, 0.05) is 27.0 Å². The van der Waals surface area contributed by atoms with Crippen LogP contribution in [0.2, 0.25) is 10.0 Å². The normalized spacial score (nSPS) is 11.6. The molecule has 12 heteroatoms. The van der Waals surface area contributed by atoms with Gasteiger partial charge in [0.1, 0.15) is 0 Å². The fourth-order valence-corrected chi connectivity index (χ4v) is 5.99. The lowest BCUT2D eigenvalue weighted by Gasteiger charge is -2.11. The molecular formula is C26H21Cl2N3O5S2. The number of hydrogen-bond acceptors (Lipinski definition) is 5. The lowest BCUT2D eigenvalue weighted by atomic mass is 10.2. The molecule has 0 spiro atoms. The summed E-state index contributed by atoms with van der Waals surface area (Å²) in [5.74, 6) is -0.458. The summed E-state index contributed by atoms with van der Waals surface area (Å²) in [5.41, 5.74) is 2.09. The SMILES string of the molecule is Cc1ccc(S(=O)(=O)Nc2ccc(C(=O)Nc3ccc(S(=O)(=O)Nc4cc(Cl)cc(Cl)c4)cc3)cc2)cc1. The highest BCUT2D eigenvalue weighted by Crippen LogP contribution is 2.25. The van der Waals surface area contributed by atoms with E-state index in [2.05, 4.69) is 14.8 Å². The summed E-state index contributed by atoms with van der Waals surface area (Å²) in [7, 11) is -7.69. The maximum absolute atomic E-state index is 12.7. The summed E-state index contributed by atoms with van der Waals surface area (Å²) in [6.45, 7) is 1.86. The van der Waals surface area contributed by atoms with Gasteiger partial charge in [0.05, 0.1) is 15.5 Å². The molecule has 0 fully saturated rings. The number of rotatable bonds is 8. The number of nitrogens with one attached hydrogen (secondary N) is 3. The lowest BCUT2D eigenvalue weighted by Crippen LogP contribution is -2.15. The van der Waals surface area contributed by atoms with Crippen LogP contribution >= 0.6 is 23.2 Å². The van der Waals surface area contributed by atoms with E-state index in [9.17, 15) is 21.6 Å². The van der Waals surface area contributed by atoms with Crippen molar-refractivity contribution in [1.82, 2.24) is 0 Å². The van der Waals surface area contributed by atoms with Crippen molar-refractivity contribution in [3.05, 3.63) is 112 Å². The van der Waals surface area contributed by atoms with Crippen molar-refractivity contribution in [2.45, 2.75) is 16.7 Å². The molecule has 0 radical (unpaired) electrons. The Morgan fingerprint density at radius 1 is 0.605 bits per heavy atom. The van der Waals surface area contributed by atoms with Gasteiger partial charge in [0.25, 0.3) is 26.0 Å². The van der Waals surface area contributed by atoms with E-state index >= 15 is 0 Å². The van der Waals surface area contributed by atoms with Gasteiger partial charge in [-0.05, 0) is 85.8 Å². The Kier molecular flexibility index (Phi) is 7.98. The van der Waals surface area contributed by atoms with Gasteiger partial charge >= 0.3 is 0 Å². The summed E-state index contributed by atoms with van der Waals surface area (Å²) in [6.07, 6.45) is 0. The molecule has 0 saturated heterocycles. The summed E-state index contributed by atoms with van der Waals surface area (Å²) >= 11 is 11.8. The van der Waals surface area contributed by atoms with Crippen molar-refractivity contribution in [3.63, 3.8) is 0 Å². The molecule has 0 bridgehead atoms. The van der Waals surface area contributed by atoms with Crippen LogP contribution in [0.4, 0.5) is 17.1 Å². The van der Waals surface area contributed by atoms with Gasteiger partial charge in [-0.3, -0.25) is 14.2 Å². The predicted octanol–water partition coefficient (Wildman–Crippen LogP) is 6.16. The Hall–Kier alpha value is -3.57. The summed E-state index contributed by atoms with van der Waals surface area (Å²) in [5, 5.41) is 3.24. The average molecular weight is 591 g/mol. The molecule has 38 heavy (non-hydrogen) atoms.